The average Bonchev–Trinajstić information content (AvgIpc) is 3.41. The van der Waals surface area contributed by atoms with E-state index < -0.39 is 0 Å². The Labute approximate surface area is 225 Å². The Morgan fingerprint density at radius 3 is 2.69 bits per heavy atom. The molecule has 0 aliphatic heterocycles. The SMILES string of the molecule is C/C=C\C(=C/NC)c1nn(-c2ccc(C(=O)N(C)CCN(C)C)cc2Br)c2c1CCc1nc(C)sc1-2. The van der Waals surface area contributed by atoms with Gasteiger partial charge in [-0.25, -0.2) is 9.67 Å². The molecule has 0 spiro atoms. The van der Waals surface area contributed by atoms with E-state index in [1.165, 1.54) is 10.4 Å². The van der Waals surface area contributed by atoms with Crippen molar-refractivity contribution in [1.82, 2.24) is 29.9 Å². The quantitative estimate of drug-likeness (QED) is 0.390. The minimum Gasteiger partial charge on any atom is -0.393 e. The molecule has 0 bridgehead atoms. The van der Waals surface area contributed by atoms with E-state index in [1.807, 2.05) is 70.3 Å². The monoisotopic (exact) mass is 568 g/mol. The summed E-state index contributed by atoms with van der Waals surface area (Å²) in [7, 11) is 7.76. The van der Waals surface area contributed by atoms with Gasteiger partial charge in [0.1, 0.15) is 0 Å². The van der Waals surface area contributed by atoms with Crippen molar-refractivity contribution < 1.29 is 4.79 Å². The van der Waals surface area contributed by atoms with Gasteiger partial charge in [0.05, 0.1) is 32.7 Å². The number of hydrogen-bond donors (Lipinski definition) is 1. The molecule has 190 valence electrons. The Morgan fingerprint density at radius 1 is 1.25 bits per heavy atom. The van der Waals surface area contributed by atoms with Crippen LogP contribution in [-0.2, 0) is 12.8 Å². The lowest BCUT2D eigenvalue weighted by Crippen LogP contribution is -2.33. The highest BCUT2D eigenvalue weighted by Crippen LogP contribution is 2.42. The number of nitrogens with one attached hydrogen (secondary N) is 1. The van der Waals surface area contributed by atoms with Gasteiger partial charge in [0.15, 0.2) is 0 Å². The highest BCUT2D eigenvalue weighted by atomic mass is 79.9. The molecule has 3 aromatic rings. The van der Waals surface area contributed by atoms with E-state index in [-0.39, 0.29) is 5.91 Å². The summed E-state index contributed by atoms with van der Waals surface area (Å²) in [6, 6.07) is 5.77. The van der Waals surface area contributed by atoms with Crippen molar-refractivity contribution in [3.05, 3.63) is 68.5 Å². The Hall–Kier alpha value is -2.75. The molecule has 2 aromatic heterocycles. The van der Waals surface area contributed by atoms with Crippen LogP contribution < -0.4 is 5.32 Å². The molecule has 7 nitrogen and oxygen atoms in total. The maximum atomic E-state index is 13.0. The molecule has 0 atom stereocenters. The maximum Gasteiger partial charge on any atom is 0.253 e. The second kappa shape index (κ2) is 11.1. The van der Waals surface area contributed by atoms with E-state index in [0.29, 0.717) is 12.1 Å². The largest absolute Gasteiger partial charge is 0.393 e. The molecule has 36 heavy (non-hydrogen) atoms. The third-order valence-electron chi connectivity index (χ3n) is 6.19. The molecule has 0 saturated heterocycles. The zero-order valence-corrected chi connectivity index (χ0v) is 24.1. The van der Waals surface area contributed by atoms with E-state index in [1.54, 1.807) is 16.2 Å². The summed E-state index contributed by atoms with van der Waals surface area (Å²) in [6.07, 6.45) is 7.88. The van der Waals surface area contributed by atoms with Gasteiger partial charge in [-0.3, -0.25) is 4.79 Å². The molecule has 0 radical (unpaired) electrons. The Kier molecular flexibility index (Phi) is 8.12. The van der Waals surface area contributed by atoms with E-state index in [9.17, 15) is 4.79 Å². The number of hydrogen-bond acceptors (Lipinski definition) is 6. The molecule has 9 heteroatoms. The number of thiazole rings is 1. The third kappa shape index (κ3) is 5.19. The first kappa shape index (κ1) is 26.3. The zero-order valence-electron chi connectivity index (χ0n) is 21.7. The average molecular weight is 570 g/mol. The summed E-state index contributed by atoms with van der Waals surface area (Å²) >= 11 is 5.47. The summed E-state index contributed by atoms with van der Waals surface area (Å²) < 4.78 is 2.84. The molecular formula is C27H33BrN6OS. The van der Waals surface area contributed by atoms with Crippen LogP contribution in [0.2, 0.25) is 0 Å². The van der Waals surface area contributed by atoms with Crippen LogP contribution in [0.1, 0.15) is 39.2 Å². The predicted octanol–water partition coefficient (Wildman–Crippen LogP) is 4.94. The molecular weight excluding hydrogens is 536 g/mol. The van der Waals surface area contributed by atoms with Crippen LogP contribution in [-0.4, -0.2) is 71.8 Å². The Morgan fingerprint density at radius 2 is 2.03 bits per heavy atom. The summed E-state index contributed by atoms with van der Waals surface area (Å²) in [5.74, 6) is -0.0000242. The normalized spacial score (nSPS) is 13.3. The predicted molar refractivity (Wildman–Crippen MR) is 152 cm³/mol. The van der Waals surface area contributed by atoms with Gasteiger partial charge in [-0.2, -0.15) is 5.10 Å². The lowest BCUT2D eigenvalue weighted by Gasteiger charge is -2.20. The van der Waals surface area contributed by atoms with E-state index in [0.717, 1.165) is 57.2 Å². The van der Waals surface area contributed by atoms with Gasteiger partial charge in [-0.05, 0) is 74.9 Å². The van der Waals surface area contributed by atoms with E-state index in [4.69, 9.17) is 10.1 Å². The van der Waals surface area contributed by atoms with Gasteiger partial charge in [0.25, 0.3) is 5.91 Å². The molecule has 1 aliphatic rings. The number of rotatable bonds is 8. The van der Waals surface area contributed by atoms with E-state index in [2.05, 4.69) is 39.1 Å². The zero-order chi connectivity index (χ0) is 26.0. The van der Waals surface area contributed by atoms with Gasteiger partial charge in [0.2, 0.25) is 0 Å². The van der Waals surface area contributed by atoms with Gasteiger partial charge in [-0.15, -0.1) is 11.3 Å². The third-order valence-corrected chi connectivity index (χ3v) is 7.84. The maximum absolute atomic E-state index is 13.0. The molecule has 1 amide bonds. The number of fused-ring (bicyclic) bond motifs is 3. The van der Waals surface area contributed by atoms with Crippen LogP contribution in [0.4, 0.5) is 0 Å². The number of allylic oxidation sites excluding steroid dienone is 3. The molecule has 0 saturated carbocycles. The minimum absolute atomic E-state index is 0.0000242. The van der Waals surface area contributed by atoms with Crippen molar-refractivity contribution in [2.75, 3.05) is 41.3 Å². The molecule has 1 aliphatic carbocycles. The number of likely N-dealkylation sites (N-methyl/N-ethyl adjacent to an activating group) is 2. The molecule has 1 aromatic carbocycles. The topological polar surface area (TPSA) is 66.3 Å². The van der Waals surface area contributed by atoms with Crippen molar-refractivity contribution >= 4 is 38.7 Å². The highest BCUT2D eigenvalue weighted by molar-refractivity contribution is 9.10. The van der Waals surface area contributed by atoms with E-state index >= 15 is 0 Å². The summed E-state index contributed by atoms with van der Waals surface area (Å²) in [4.78, 5) is 22.8. The van der Waals surface area contributed by atoms with Crippen molar-refractivity contribution in [3.63, 3.8) is 0 Å². The van der Waals surface area contributed by atoms with Crippen LogP contribution in [0.3, 0.4) is 0 Å². The number of amides is 1. The van der Waals surface area contributed by atoms with Gasteiger partial charge in [-0.1, -0.05) is 12.2 Å². The van der Waals surface area contributed by atoms with Crippen LogP contribution >= 0.6 is 27.3 Å². The number of carbonyl (C=O) groups is 1. The lowest BCUT2D eigenvalue weighted by molar-refractivity contribution is 0.0786. The van der Waals surface area contributed by atoms with Crippen molar-refractivity contribution in [2.24, 2.45) is 0 Å². The first-order valence-electron chi connectivity index (χ1n) is 12.0. The first-order chi connectivity index (χ1) is 17.2. The Balaban J connectivity index is 1.82. The fourth-order valence-corrected chi connectivity index (χ4v) is 5.98. The standard InChI is InChI=1S/C27H33BrN6OS/c1-7-8-19(16-29-3)24-20-10-11-22-26(36-17(2)30-22)25(20)34(31-24)23-12-9-18(15-21(23)28)27(35)33(6)14-13-32(4)5/h7-9,12,15-16,29H,10-11,13-14H2,1-6H3/b8-7-,19-16+. The van der Waals surface area contributed by atoms with Crippen LogP contribution in [0.25, 0.3) is 21.8 Å². The number of aromatic nitrogens is 3. The second-order valence-corrected chi connectivity index (χ2v) is 11.2. The van der Waals surface area contributed by atoms with Crippen molar-refractivity contribution in [3.8, 4) is 16.3 Å². The highest BCUT2D eigenvalue weighted by Gasteiger charge is 2.30. The summed E-state index contributed by atoms with van der Waals surface area (Å²) in [6.45, 7) is 5.55. The molecule has 0 unspecified atom stereocenters. The number of nitrogens with zero attached hydrogens (tertiary/aromatic N) is 5. The lowest BCUT2D eigenvalue weighted by atomic mass is 9.95. The summed E-state index contributed by atoms with van der Waals surface area (Å²) in [5.41, 5.74) is 6.98. The molecule has 4 rings (SSSR count). The minimum atomic E-state index is -0.0000242. The number of carbonyl (C=O) groups excluding carboxylic acids is 1. The first-order valence-corrected chi connectivity index (χ1v) is 13.6. The number of benzene rings is 1. The van der Waals surface area contributed by atoms with Gasteiger partial charge < -0.3 is 15.1 Å². The van der Waals surface area contributed by atoms with Crippen LogP contribution in [0.15, 0.2) is 41.0 Å². The fraction of sp³-hybridized carbons (Fsp3) is 0.370. The second-order valence-electron chi connectivity index (χ2n) is 9.18. The molecule has 2 heterocycles. The van der Waals surface area contributed by atoms with Crippen LogP contribution in [0, 0.1) is 6.92 Å². The number of aryl methyl sites for hydroxylation is 2. The molecule has 1 N–H and O–H groups in total. The van der Waals surface area contributed by atoms with Crippen LogP contribution in [0.5, 0.6) is 0 Å². The smallest absolute Gasteiger partial charge is 0.253 e. The molecule has 0 fully saturated rings. The van der Waals surface area contributed by atoms with Gasteiger partial charge in [0, 0.05) is 54.6 Å². The van der Waals surface area contributed by atoms with Crippen molar-refractivity contribution in [1.29, 1.82) is 0 Å². The summed E-state index contributed by atoms with van der Waals surface area (Å²) in [5, 5.41) is 9.35. The number of halogens is 1. The Bertz CT molecular complexity index is 1340. The van der Waals surface area contributed by atoms with Crippen molar-refractivity contribution in [2.45, 2.75) is 26.7 Å². The van der Waals surface area contributed by atoms with Gasteiger partial charge >= 0.3 is 0 Å². The fourth-order valence-electron chi connectivity index (χ4n) is 4.41.